The van der Waals surface area contributed by atoms with Crippen molar-refractivity contribution in [2.24, 2.45) is 0 Å². The lowest BCUT2D eigenvalue weighted by atomic mass is 9.97. The lowest BCUT2D eigenvalue weighted by molar-refractivity contribution is 1.37. The van der Waals surface area contributed by atoms with E-state index in [1.807, 2.05) is 24.5 Å². The van der Waals surface area contributed by atoms with Crippen LogP contribution in [0.1, 0.15) is 0 Å². The van der Waals surface area contributed by atoms with E-state index in [4.69, 9.17) is 24.9 Å². The van der Waals surface area contributed by atoms with Gasteiger partial charge in [-0.1, -0.05) is 303 Å². The Kier molecular flexibility index (Phi) is 15.8. The fourth-order valence-electron chi connectivity index (χ4n) is 15.6. The predicted octanol–water partition coefficient (Wildman–Crippen LogP) is 26.3. The van der Waals surface area contributed by atoms with Crippen LogP contribution in [0.5, 0.6) is 0 Å². The van der Waals surface area contributed by atoms with Gasteiger partial charge in [0.15, 0.2) is 0 Å². The standard InChI is InChI=1S/C45H27N3.C32H20N2.C24H16N2/c1-4-10-37-28(7-1)13-16-31-19-22-40(46-43(31)37)34-25-35(41-23-20-32-17-14-29-8-2-5-11-38(29)44(32)47-41)27-36(26-34)42-24-21-33-18-15-30-9-3-6-12-39(30)45(33)48-42;1-3-10-27-21(6-1)12-14-23-16-18-29(33-31(23)27)25-8-5-9-26(20-25)30-19-17-24-15-13-22-7-2-4-11-28(22)32(24)34-30;1-3-7-17(8-4-1)19-13-15-25-23-21(19)11-12-22-20(14-16-26-24(22)23)18-9-5-2-6-10-18/h1-27H;1-20H;1-16H. The monoisotopic (exact) mass is 1370 g/mol. The van der Waals surface area contributed by atoms with Crippen molar-refractivity contribution in [1.29, 1.82) is 0 Å². The number of nitrogens with zero attached hydrogens (tertiary/aromatic N) is 7. The van der Waals surface area contributed by atoms with Crippen molar-refractivity contribution < 1.29 is 0 Å². The minimum absolute atomic E-state index is 0.916. The molecule has 7 heterocycles. The van der Waals surface area contributed by atoms with Crippen LogP contribution >= 0.6 is 0 Å². The molecule has 0 radical (unpaired) electrons. The van der Waals surface area contributed by atoms with Crippen LogP contribution in [0.4, 0.5) is 0 Å². The molecule has 7 heteroatoms. The molecule has 0 aliphatic rings. The average Bonchev–Trinajstić information content (AvgIpc) is 0.766. The van der Waals surface area contributed by atoms with Gasteiger partial charge in [-0.25, -0.2) is 24.9 Å². The summed E-state index contributed by atoms with van der Waals surface area (Å²) in [6.07, 6.45) is 3.75. The molecule has 0 atom stereocenters. The highest BCUT2D eigenvalue weighted by atomic mass is 14.8. The third kappa shape index (κ3) is 11.7. The Morgan fingerprint density at radius 2 is 0.370 bits per heavy atom. The topological polar surface area (TPSA) is 90.2 Å². The Morgan fingerprint density at radius 1 is 0.139 bits per heavy atom. The second-order valence-electron chi connectivity index (χ2n) is 27.5. The van der Waals surface area contributed by atoms with Crippen molar-refractivity contribution in [3.63, 3.8) is 0 Å². The number of hydrogen-bond acceptors (Lipinski definition) is 7. The van der Waals surface area contributed by atoms with Crippen molar-refractivity contribution >= 4 is 130 Å². The molecule has 7 aromatic heterocycles. The van der Waals surface area contributed by atoms with E-state index >= 15 is 0 Å². The van der Waals surface area contributed by atoms with E-state index in [1.54, 1.807) is 0 Å². The Bertz CT molecular complexity index is 6760. The highest BCUT2D eigenvalue weighted by Gasteiger charge is 2.17. The first kappa shape index (κ1) is 63.2. The number of fused-ring (bicyclic) bond motifs is 18. The van der Waals surface area contributed by atoms with Gasteiger partial charge in [-0.15, -0.1) is 0 Å². The van der Waals surface area contributed by atoms with Crippen LogP contribution in [0, 0.1) is 0 Å². The average molecular weight is 1370 g/mol. The normalized spacial score (nSPS) is 11.5. The van der Waals surface area contributed by atoms with Gasteiger partial charge in [-0.3, -0.25) is 9.97 Å². The fourth-order valence-corrected chi connectivity index (χ4v) is 15.6. The molecule has 0 N–H and O–H groups in total. The van der Waals surface area contributed by atoms with Crippen molar-refractivity contribution in [1.82, 2.24) is 34.9 Å². The minimum atomic E-state index is 0.916. The molecule has 0 aliphatic carbocycles. The van der Waals surface area contributed by atoms with Crippen molar-refractivity contribution in [3.05, 3.63) is 382 Å². The zero-order valence-electron chi connectivity index (χ0n) is 58.5. The summed E-state index contributed by atoms with van der Waals surface area (Å²) in [6.45, 7) is 0. The lowest BCUT2D eigenvalue weighted by Gasteiger charge is -2.13. The number of hydrogen-bond donors (Lipinski definition) is 0. The van der Waals surface area contributed by atoms with E-state index < -0.39 is 0 Å². The predicted molar refractivity (Wildman–Crippen MR) is 452 cm³/mol. The van der Waals surface area contributed by atoms with Crippen LogP contribution in [0.2, 0.25) is 0 Å². The molecular weight excluding hydrogens is 1310 g/mol. The smallest absolute Gasteiger partial charge is 0.0970 e. The second kappa shape index (κ2) is 26.9. The Balaban J connectivity index is 0.000000112. The summed E-state index contributed by atoms with van der Waals surface area (Å²) >= 11 is 0. The van der Waals surface area contributed by atoms with Gasteiger partial charge in [0, 0.05) is 105 Å². The van der Waals surface area contributed by atoms with E-state index in [9.17, 15) is 0 Å². The first-order chi connectivity index (χ1) is 53.5. The molecule has 0 saturated heterocycles. The summed E-state index contributed by atoms with van der Waals surface area (Å²) in [7, 11) is 0. The van der Waals surface area contributed by atoms with Gasteiger partial charge in [-0.2, -0.15) is 0 Å². The number of pyridine rings is 7. The van der Waals surface area contributed by atoms with Crippen LogP contribution in [0.3, 0.4) is 0 Å². The maximum absolute atomic E-state index is 5.28. The van der Waals surface area contributed by atoms with E-state index in [0.29, 0.717) is 0 Å². The molecule has 502 valence electrons. The molecule has 0 unspecified atom stereocenters. The molecule has 0 bridgehead atoms. The minimum Gasteiger partial charge on any atom is -0.254 e. The summed E-state index contributed by atoms with van der Waals surface area (Å²) in [4.78, 5) is 35.3. The Labute approximate surface area is 622 Å². The van der Waals surface area contributed by atoms with Gasteiger partial charge < -0.3 is 0 Å². The van der Waals surface area contributed by atoms with Crippen LogP contribution in [-0.2, 0) is 0 Å². The second-order valence-corrected chi connectivity index (χ2v) is 27.5. The zero-order valence-corrected chi connectivity index (χ0v) is 58.5. The molecule has 0 spiro atoms. The van der Waals surface area contributed by atoms with Gasteiger partial charge in [0.25, 0.3) is 0 Å². The van der Waals surface area contributed by atoms with E-state index in [0.717, 1.165) is 149 Å². The zero-order chi connectivity index (χ0) is 71.4. The summed E-state index contributed by atoms with van der Waals surface area (Å²) < 4.78 is 0. The molecule has 15 aromatic carbocycles. The van der Waals surface area contributed by atoms with Crippen LogP contribution in [0.25, 0.3) is 209 Å². The quantitative estimate of drug-likeness (QED) is 0.147. The lowest BCUT2D eigenvalue weighted by Crippen LogP contribution is -1.93. The van der Waals surface area contributed by atoms with Gasteiger partial charge >= 0.3 is 0 Å². The largest absolute Gasteiger partial charge is 0.254 e. The Hall–Kier alpha value is -14.5. The maximum atomic E-state index is 5.28. The molecule has 22 rings (SSSR count). The third-order valence-electron chi connectivity index (χ3n) is 21.0. The number of aromatic nitrogens is 7. The van der Waals surface area contributed by atoms with E-state index in [2.05, 4.69) is 368 Å². The van der Waals surface area contributed by atoms with E-state index in [1.165, 1.54) is 60.0 Å². The van der Waals surface area contributed by atoms with Gasteiger partial charge in [0.05, 0.1) is 67.1 Å². The molecule has 22 aromatic rings. The fraction of sp³-hybridized carbons (Fsp3) is 0. The molecule has 0 amide bonds. The van der Waals surface area contributed by atoms with Crippen LogP contribution in [-0.4, -0.2) is 34.9 Å². The first-order valence-corrected chi connectivity index (χ1v) is 36.5. The highest BCUT2D eigenvalue weighted by Crippen LogP contribution is 2.40. The van der Waals surface area contributed by atoms with Gasteiger partial charge in [0.2, 0.25) is 0 Å². The third-order valence-corrected chi connectivity index (χ3v) is 21.0. The summed E-state index contributed by atoms with van der Waals surface area (Å²) in [5.74, 6) is 0. The SMILES string of the molecule is c1cc(-c2ccc3ccc4ccccc4c3n2)cc(-c2ccc3ccc4ccccc4c3n2)c1.c1ccc(-c2ccnc3c2ccc2c(-c4ccccc4)ccnc23)cc1.c1ccc2c(c1)ccc1ccc(-c3cc(-c4ccc5ccc6ccccc6c5n4)cc(-c4ccc5ccc6ccccc6c5n4)c3)nc12. The van der Waals surface area contributed by atoms with E-state index in [-0.39, 0.29) is 0 Å². The summed E-state index contributed by atoms with van der Waals surface area (Å²) in [5, 5.41) is 19.7. The van der Waals surface area contributed by atoms with Crippen molar-refractivity contribution in [3.8, 4) is 78.5 Å². The van der Waals surface area contributed by atoms with Crippen LogP contribution < -0.4 is 0 Å². The van der Waals surface area contributed by atoms with Crippen LogP contribution in [0.15, 0.2) is 382 Å². The molecule has 0 fully saturated rings. The summed E-state index contributed by atoms with van der Waals surface area (Å²) in [6, 6.07) is 130. The molecule has 7 nitrogen and oxygen atoms in total. The Morgan fingerprint density at radius 3 is 0.667 bits per heavy atom. The molecule has 108 heavy (non-hydrogen) atoms. The van der Waals surface area contributed by atoms with Crippen molar-refractivity contribution in [2.75, 3.05) is 0 Å². The highest BCUT2D eigenvalue weighted by molar-refractivity contribution is 6.13. The van der Waals surface area contributed by atoms with Crippen molar-refractivity contribution in [2.45, 2.75) is 0 Å². The molecule has 0 aliphatic heterocycles. The molecule has 0 saturated carbocycles. The summed E-state index contributed by atoms with van der Waals surface area (Å²) in [5.41, 5.74) is 21.7. The maximum Gasteiger partial charge on any atom is 0.0970 e. The van der Waals surface area contributed by atoms with Gasteiger partial charge in [0.1, 0.15) is 0 Å². The van der Waals surface area contributed by atoms with Gasteiger partial charge in [-0.05, 0) is 116 Å². The molecular formula is C101H63N7. The number of rotatable bonds is 7. The first-order valence-electron chi connectivity index (χ1n) is 36.5. The number of benzene rings is 15.